The minimum Gasteiger partial charge on any atom is -0.459 e. The summed E-state index contributed by atoms with van der Waals surface area (Å²) in [5.74, 6) is 0.690. The molecule has 1 atom stereocenters. The third kappa shape index (κ3) is 3.33. The van der Waals surface area contributed by atoms with E-state index >= 15 is 0 Å². The molecule has 27 heavy (non-hydrogen) atoms. The molecule has 3 aromatic heterocycles. The maximum atomic E-state index is 12.1. The molecule has 0 radical (unpaired) electrons. The summed E-state index contributed by atoms with van der Waals surface area (Å²) in [6, 6.07) is 8.65. The van der Waals surface area contributed by atoms with Crippen molar-refractivity contribution in [1.82, 2.24) is 25.0 Å². The molecule has 8 nitrogen and oxygen atoms in total. The molecule has 1 aromatic carbocycles. The van der Waals surface area contributed by atoms with Gasteiger partial charge in [0.25, 0.3) is 5.91 Å². The van der Waals surface area contributed by atoms with Gasteiger partial charge < -0.3 is 18.8 Å². The van der Waals surface area contributed by atoms with Gasteiger partial charge >= 0.3 is 0 Å². The predicted octanol–water partition coefficient (Wildman–Crippen LogP) is 3.58. The number of furan rings is 1. The van der Waals surface area contributed by atoms with Crippen LogP contribution in [-0.2, 0) is 6.54 Å². The highest BCUT2D eigenvalue weighted by atomic mass is 16.5. The van der Waals surface area contributed by atoms with Crippen molar-refractivity contribution in [3.05, 3.63) is 54.6 Å². The fraction of sp³-hybridized carbons (Fsp3) is 0.263. The van der Waals surface area contributed by atoms with Gasteiger partial charge in [-0.1, -0.05) is 12.1 Å². The number of nitrogens with zero attached hydrogens (tertiary/aromatic N) is 4. The lowest BCUT2D eigenvalue weighted by Gasteiger charge is -2.07. The van der Waals surface area contributed by atoms with Crippen LogP contribution in [-0.4, -0.2) is 25.6 Å². The topological polar surface area (TPSA) is 99.0 Å². The molecule has 4 rings (SSSR count). The molecular formula is C19H19N5O3. The van der Waals surface area contributed by atoms with Crippen molar-refractivity contribution in [1.29, 1.82) is 0 Å². The first-order valence-corrected chi connectivity index (χ1v) is 8.79. The van der Waals surface area contributed by atoms with E-state index in [0.717, 1.165) is 29.6 Å². The molecule has 0 fully saturated rings. The van der Waals surface area contributed by atoms with Crippen LogP contribution in [0.1, 0.15) is 42.8 Å². The summed E-state index contributed by atoms with van der Waals surface area (Å²) in [6.07, 6.45) is 4.31. The van der Waals surface area contributed by atoms with Crippen LogP contribution in [0.3, 0.4) is 0 Å². The number of carbonyl (C=O) groups excluding carboxylic acids is 1. The van der Waals surface area contributed by atoms with Gasteiger partial charge in [-0.15, -0.1) is 0 Å². The van der Waals surface area contributed by atoms with Crippen molar-refractivity contribution in [3.8, 4) is 11.4 Å². The van der Waals surface area contributed by atoms with E-state index in [1.165, 1.54) is 6.26 Å². The second kappa shape index (κ2) is 7.06. The molecule has 138 valence electrons. The highest BCUT2D eigenvalue weighted by Gasteiger charge is 2.19. The third-order valence-corrected chi connectivity index (χ3v) is 4.25. The fourth-order valence-electron chi connectivity index (χ4n) is 2.88. The minimum atomic E-state index is -0.446. The molecule has 0 saturated carbocycles. The van der Waals surface area contributed by atoms with Crippen LogP contribution in [0.25, 0.3) is 22.4 Å². The summed E-state index contributed by atoms with van der Waals surface area (Å²) in [7, 11) is 0. The van der Waals surface area contributed by atoms with Crippen molar-refractivity contribution in [2.45, 2.75) is 32.9 Å². The lowest BCUT2D eigenvalue weighted by atomic mass is 10.2. The molecule has 1 N–H and O–H groups in total. The second-order valence-corrected chi connectivity index (χ2v) is 6.27. The second-order valence-electron chi connectivity index (χ2n) is 6.27. The van der Waals surface area contributed by atoms with Crippen LogP contribution in [0.2, 0.25) is 0 Å². The Hall–Kier alpha value is -3.42. The van der Waals surface area contributed by atoms with Gasteiger partial charge in [0.1, 0.15) is 6.04 Å². The van der Waals surface area contributed by atoms with Crippen LogP contribution in [0.4, 0.5) is 0 Å². The minimum absolute atomic E-state index is 0.233. The average molecular weight is 365 g/mol. The van der Waals surface area contributed by atoms with Gasteiger partial charge in [-0.3, -0.25) is 4.79 Å². The van der Waals surface area contributed by atoms with Crippen LogP contribution in [0.5, 0.6) is 0 Å². The van der Waals surface area contributed by atoms with E-state index < -0.39 is 6.04 Å². The van der Waals surface area contributed by atoms with Crippen molar-refractivity contribution in [2.24, 2.45) is 0 Å². The summed E-state index contributed by atoms with van der Waals surface area (Å²) < 4.78 is 12.5. The third-order valence-electron chi connectivity index (χ3n) is 4.25. The molecule has 0 aliphatic rings. The first kappa shape index (κ1) is 17.0. The molecule has 0 aliphatic carbocycles. The number of benzene rings is 1. The number of amides is 1. The molecule has 3 heterocycles. The Bertz CT molecular complexity index is 1060. The highest BCUT2D eigenvalue weighted by molar-refractivity contribution is 5.91. The Morgan fingerprint density at radius 2 is 2.22 bits per heavy atom. The van der Waals surface area contributed by atoms with Gasteiger partial charge in [0.2, 0.25) is 11.7 Å². The zero-order valence-corrected chi connectivity index (χ0v) is 15.0. The molecule has 8 heteroatoms. The van der Waals surface area contributed by atoms with Crippen molar-refractivity contribution < 1.29 is 13.7 Å². The van der Waals surface area contributed by atoms with Gasteiger partial charge in [0.05, 0.1) is 23.6 Å². The van der Waals surface area contributed by atoms with Crippen LogP contribution >= 0.6 is 0 Å². The van der Waals surface area contributed by atoms with Crippen molar-refractivity contribution in [2.75, 3.05) is 0 Å². The number of aryl methyl sites for hydroxylation is 1. The number of hydrogen-bond donors (Lipinski definition) is 1. The number of aromatic nitrogens is 4. The largest absolute Gasteiger partial charge is 0.459 e. The van der Waals surface area contributed by atoms with E-state index in [2.05, 4.69) is 31.9 Å². The quantitative estimate of drug-likeness (QED) is 0.561. The summed E-state index contributed by atoms with van der Waals surface area (Å²) in [6.45, 7) is 4.80. The van der Waals surface area contributed by atoms with Crippen LogP contribution in [0, 0.1) is 0 Å². The molecule has 0 spiro atoms. The first-order chi connectivity index (χ1) is 13.2. The van der Waals surface area contributed by atoms with Gasteiger partial charge in [-0.05, 0) is 43.7 Å². The molecule has 4 aromatic rings. The summed E-state index contributed by atoms with van der Waals surface area (Å²) in [5, 5.41) is 6.83. The molecule has 1 amide bonds. The first-order valence-electron chi connectivity index (χ1n) is 8.79. The normalized spacial score (nSPS) is 12.4. The number of rotatable bonds is 6. The van der Waals surface area contributed by atoms with Gasteiger partial charge in [-0.25, -0.2) is 4.98 Å². The number of hydrogen-bond acceptors (Lipinski definition) is 6. The Kier molecular flexibility index (Phi) is 4.45. The Morgan fingerprint density at radius 3 is 3.00 bits per heavy atom. The highest BCUT2D eigenvalue weighted by Crippen LogP contribution is 2.23. The zero-order valence-electron chi connectivity index (χ0n) is 15.0. The van der Waals surface area contributed by atoms with Gasteiger partial charge in [0, 0.05) is 12.1 Å². The van der Waals surface area contributed by atoms with Gasteiger partial charge in [0.15, 0.2) is 5.76 Å². The van der Waals surface area contributed by atoms with Crippen LogP contribution < -0.4 is 5.32 Å². The number of imidazole rings is 1. The predicted molar refractivity (Wildman–Crippen MR) is 97.9 cm³/mol. The van der Waals surface area contributed by atoms with E-state index in [4.69, 9.17) is 8.94 Å². The monoisotopic (exact) mass is 365 g/mol. The Morgan fingerprint density at radius 1 is 1.33 bits per heavy atom. The molecule has 0 aliphatic heterocycles. The molecular weight excluding hydrogens is 346 g/mol. The number of fused-ring (bicyclic) bond motifs is 1. The summed E-state index contributed by atoms with van der Waals surface area (Å²) >= 11 is 0. The van der Waals surface area contributed by atoms with Crippen LogP contribution in [0.15, 0.2) is 51.9 Å². The standard InChI is InChI=1S/C19H19N5O3/c1-3-8-24-11-20-14-7-6-13(10-15(14)24)17-22-19(27-23-17)12(2)21-18(25)16-5-4-9-26-16/h4-7,9-12H,3,8H2,1-2H3,(H,21,25). The Balaban J connectivity index is 1.56. The van der Waals surface area contributed by atoms with E-state index in [9.17, 15) is 4.79 Å². The maximum absolute atomic E-state index is 12.1. The Labute approximate surface area is 155 Å². The maximum Gasteiger partial charge on any atom is 0.287 e. The van der Waals surface area contributed by atoms with Crippen molar-refractivity contribution >= 4 is 16.9 Å². The molecule has 0 bridgehead atoms. The smallest absolute Gasteiger partial charge is 0.287 e. The lowest BCUT2D eigenvalue weighted by molar-refractivity contribution is 0.0904. The average Bonchev–Trinajstić information content (AvgIpc) is 3.42. The van der Waals surface area contributed by atoms with Gasteiger partial charge in [-0.2, -0.15) is 4.98 Å². The molecule has 0 saturated heterocycles. The van der Waals surface area contributed by atoms with Crippen molar-refractivity contribution in [3.63, 3.8) is 0 Å². The van der Waals surface area contributed by atoms with E-state index in [1.807, 2.05) is 24.5 Å². The van der Waals surface area contributed by atoms with E-state index in [0.29, 0.717) is 11.7 Å². The van der Waals surface area contributed by atoms with E-state index in [1.54, 1.807) is 19.1 Å². The fourth-order valence-corrected chi connectivity index (χ4v) is 2.88. The zero-order chi connectivity index (χ0) is 18.8. The summed E-state index contributed by atoms with van der Waals surface area (Å²) in [5.41, 5.74) is 2.79. The lowest BCUT2D eigenvalue weighted by Crippen LogP contribution is -2.26. The SMILES string of the molecule is CCCn1cnc2ccc(-c3noc(C(C)NC(=O)c4ccco4)n3)cc21. The van der Waals surface area contributed by atoms with E-state index in [-0.39, 0.29) is 11.7 Å². The number of nitrogens with one attached hydrogen (secondary N) is 1. The molecule has 1 unspecified atom stereocenters. The number of carbonyl (C=O) groups is 1. The summed E-state index contributed by atoms with van der Waals surface area (Å²) in [4.78, 5) is 20.9.